The van der Waals surface area contributed by atoms with Crippen LogP contribution in [0.1, 0.15) is 22.7 Å². The fourth-order valence-electron chi connectivity index (χ4n) is 3.79. The second kappa shape index (κ2) is 6.53. The number of anilines is 1. The number of fused-ring (bicyclic) bond motifs is 3. The number of hydrogen-bond acceptors (Lipinski definition) is 6. The first kappa shape index (κ1) is 16.7. The number of likely N-dealkylation sites (N-methyl/N-ethyl adjacent to an activating group) is 2. The lowest BCUT2D eigenvalue weighted by Crippen LogP contribution is -2.49. The van der Waals surface area contributed by atoms with Gasteiger partial charge in [0.1, 0.15) is 16.5 Å². The number of aromatic nitrogens is 2. The molecule has 0 bridgehead atoms. The molecular formula is C18H25N5OS. The maximum absolute atomic E-state index is 12.7. The molecule has 2 aromatic rings. The van der Waals surface area contributed by atoms with E-state index < -0.39 is 0 Å². The van der Waals surface area contributed by atoms with E-state index in [9.17, 15) is 4.79 Å². The third kappa shape index (κ3) is 3.11. The third-order valence-corrected chi connectivity index (χ3v) is 6.43. The van der Waals surface area contributed by atoms with Gasteiger partial charge in [-0.1, -0.05) is 0 Å². The Morgan fingerprint density at radius 1 is 1.20 bits per heavy atom. The van der Waals surface area contributed by atoms with Crippen molar-refractivity contribution in [2.75, 3.05) is 51.7 Å². The molecule has 3 heterocycles. The molecule has 0 radical (unpaired) electrons. The van der Waals surface area contributed by atoms with Gasteiger partial charge in [-0.2, -0.15) is 0 Å². The van der Waals surface area contributed by atoms with Gasteiger partial charge in [0.05, 0.1) is 11.9 Å². The highest BCUT2D eigenvalue weighted by Crippen LogP contribution is 2.40. The number of aryl methyl sites for hydroxylation is 3. The number of rotatable bonds is 3. The standard InChI is InChI=1S/C18H25N5OS/c1-12-19-17(16-13-5-4-6-14(13)25-18(16)20-12)22(3)11-15(24)23-9-7-21(2)8-10-23/h4-11H2,1-3H3. The fourth-order valence-corrected chi connectivity index (χ4v) is 5.09. The molecule has 1 amide bonds. The lowest BCUT2D eigenvalue weighted by molar-refractivity contribution is -0.131. The Hall–Kier alpha value is -1.73. The number of nitrogens with zero attached hydrogens (tertiary/aromatic N) is 5. The molecule has 0 aromatic carbocycles. The van der Waals surface area contributed by atoms with Crippen LogP contribution in [-0.2, 0) is 17.6 Å². The van der Waals surface area contributed by atoms with Gasteiger partial charge in [-0.25, -0.2) is 9.97 Å². The highest BCUT2D eigenvalue weighted by Gasteiger charge is 2.25. The second-order valence-corrected chi connectivity index (χ2v) is 8.26. The summed E-state index contributed by atoms with van der Waals surface area (Å²) in [5.74, 6) is 1.89. The van der Waals surface area contributed by atoms with Crippen LogP contribution in [0.5, 0.6) is 0 Å². The monoisotopic (exact) mass is 359 g/mol. The van der Waals surface area contributed by atoms with Gasteiger partial charge in [0.15, 0.2) is 0 Å². The zero-order chi connectivity index (χ0) is 17.6. The summed E-state index contributed by atoms with van der Waals surface area (Å²) in [6.45, 7) is 5.84. The van der Waals surface area contributed by atoms with Crippen molar-refractivity contribution in [2.45, 2.75) is 26.2 Å². The molecule has 1 saturated heterocycles. The van der Waals surface area contributed by atoms with E-state index in [1.165, 1.54) is 22.2 Å². The number of hydrogen-bond donors (Lipinski definition) is 0. The summed E-state index contributed by atoms with van der Waals surface area (Å²) in [7, 11) is 4.08. The average Bonchev–Trinajstić information content (AvgIpc) is 3.15. The molecule has 2 aromatic heterocycles. The number of piperazine rings is 1. The van der Waals surface area contributed by atoms with E-state index >= 15 is 0 Å². The van der Waals surface area contributed by atoms with Crippen LogP contribution in [0.25, 0.3) is 10.2 Å². The molecule has 134 valence electrons. The van der Waals surface area contributed by atoms with Gasteiger partial charge in [0, 0.05) is 38.1 Å². The first-order chi connectivity index (χ1) is 12.0. The van der Waals surface area contributed by atoms with Gasteiger partial charge in [-0.3, -0.25) is 4.79 Å². The molecule has 25 heavy (non-hydrogen) atoms. The van der Waals surface area contributed by atoms with Crippen LogP contribution in [0.15, 0.2) is 0 Å². The Labute approximate surface area is 152 Å². The van der Waals surface area contributed by atoms with Crippen molar-refractivity contribution in [1.82, 2.24) is 19.8 Å². The Bertz CT molecular complexity index is 809. The SMILES string of the molecule is Cc1nc(N(C)CC(=O)N2CCN(C)CC2)c2c3c(sc2n1)CCC3. The van der Waals surface area contributed by atoms with E-state index in [0.717, 1.165) is 55.5 Å². The minimum Gasteiger partial charge on any atom is -0.350 e. The summed E-state index contributed by atoms with van der Waals surface area (Å²) >= 11 is 1.80. The Morgan fingerprint density at radius 3 is 2.72 bits per heavy atom. The summed E-state index contributed by atoms with van der Waals surface area (Å²) in [5, 5.41) is 1.18. The molecule has 1 aliphatic heterocycles. The van der Waals surface area contributed by atoms with Crippen LogP contribution in [0.4, 0.5) is 5.82 Å². The molecule has 4 rings (SSSR count). The smallest absolute Gasteiger partial charge is 0.242 e. The van der Waals surface area contributed by atoms with Crippen molar-refractivity contribution in [2.24, 2.45) is 0 Å². The Kier molecular flexibility index (Phi) is 4.37. The molecule has 0 N–H and O–H groups in total. The minimum atomic E-state index is 0.187. The van der Waals surface area contributed by atoms with Crippen LogP contribution in [0.2, 0.25) is 0 Å². The molecule has 7 heteroatoms. The summed E-state index contributed by atoms with van der Waals surface area (Å²) < 4.78 is 0. The van der Waals surface area contributed by atoms with E-state index in [1.54, 1.807) is 11.3 Å². The fraction of sp³-hybridized carbons (Fsp3) is 0.611. The zero-order valence-electron chi connectivity index (χ0n) is 15.2. The Morgan fingerprint density at radius 2 is 1.96 bits per heavy atom. The van der Waals surface area contributed by atoms with Gasteiger partial charge in [-0.15, -0.1) is 11.3 Å². The van der Waals surface area contributed by atoms with E-state index in [-0.39, 0.29) is 5.91 Å². The van der Waals surface area contributed by atoms with Crippen LogP contribution in [0.3, 0.4) is 0 Å². The van der Waals surface area contributed by atoms with Crippen molar-refractivity contribution in [3.63, 3.8) is 0 Å². The van der Waals surface area contributed by atoms with Crippen molar-refractivity contribution in [1.29, 1.82) is 0 Å². The number of amides is 1. The molecule has 1 aliphatic carbocycles. The third-order valence-electron chi connectivity index (χ3n) is 5.25. The highest BCUT2D eigenvalue weighted by atomic mass is 32.1. The van der Waals surface area contributed by atoms with Crippen LogP contribution < -0.4 is 4.90 Å². The van der Waals surface area contributed by atoms with Gasteiger partial charge in [0.25, 0.3) is 0 Å². The van der Waals surface area contributed by atoms with Crippen LogP contribution >= 0.6 is 11.3 Å². The molecule has 0 spiro atoms. The van der Waals surface area contributed by atoms with Crippen LogP contribution in [-0.4, -0.2) is 72.5 Å². The van der Waals surface area contributed by atoms with Gasteiger partial charge in [-0.05, 0) is 38.8 Å². The number of carbonyl (C=O) groups excluding carboxylic acids is 1. The normalized spacial score (nSPS) is 18.0. The molecule has 6 nitrogen and oxygen atoms in total. The highest BCUT2D eigenvalue weighted by molar-refractivity contribution is 7.19. The number of carbonyl (C=O) groups is 1. The van der Waals surface area contributed by atoms with Gasteiger partial charge in [0.2, 0.25) is 5.91 Å². The predicted molar refractivity (Wildman–Crippen MR) is 102 cm³/mol. The number of thiophene rings is 1. The molecule has 1 fully saturated rings. The summed E-state index contributed by atoms with van der Waals surface area (Å²) in [6.07, 6.45) is 3.47. The lowest BCUT2D eigenvalue weighted by Gasteiger charge is -2.33. The Balaban J connectivity index is 1.59. The topological polar surface area (TPSA) is 52.6 Å². The van der Waals surface area contributed by atoms with Gasteiger partial charge >= 0.3 is 0 Å². The van der Waals surface area contributed by atoms with E-state index in [1.807, 2.05) is 23.8 Å². The van der Waals surface area contributed by atoms with Crippen molar-refractivity contribution >= 4 is 33.3 Å². The first-order valence-corrected chi connectivity index (χ1v) is 9.81. The summed E-state index contributed by atoms with van der Waals surface area (Å²) in [6, 6.07) is 0. The summed E-state index contributed by atoms with van der Waals surface area (Å²) in [5.41, 5.74) is 1.41. The summed E-state index contributed by atoms with van der Waals surface area (Å²) in [4.78, 5) is 30.8. The van der Waals surface area contributed by atoms with Crippen molar-refractivity contribution in [3.8, 4) is 0 Å². The zero-order valence-corrected chi connectivity index (χ0v) is 16.0. The predicted octanol–water partition coefficient (Wildman–Crippen LogP) is 1.70. The minimum absolute atomic E-state index is 0.187. The average molecular weight is 359 g/mol. The maximum Gasteiger partial charge on any atom is 0.242 e. The lowest BCUT2D eigenvalue weighted by atomic mass is 10.2. The molecular weight excluding hydrogens is 334 g/mol. The molecule has 0 unspecified atom stereocenters. The van der Waals surface area contributed by atoms with Crippen LogP contribution in [0, 0.1) is 6.92 Å². The molecule has 0 atom stereocenters. The van der Waals surface area contributed by atoms with E-state index in [0.29, 0.717) is 6.54 Å². The first-order valence-electron chi connectivity index (χ1n) is 8.99. The van der Waals surface area contributed by atoms with Crippen molar-refractivity contribution in [3.05, 3.63) is 16.3 Å². The van der Waals surface area contributed by atoms with Crippen molar-refractivity contribution < 1.29 is 4.79 Å². The quantitative estimate of drug-likeness (QED) is 0.835. The maximum atomic E-state index is 12.7. The second-order valence-electron chi connectivity index (χ2n) is 7.17. The van der Waals surface area contributed by atoms with E-state index in [4.69, 9.17) is 4.98 Å². The largest absolute Gasteiger partial charge is 0.350 e. The van der Waals surface area contributed by atoms with Gasteiger partial charge < -0.3 is 14.7 Å². The molecule has 0 saturated carbocycles. The van der Waals surface area contributed by atoms with E-state index in [2.05, 4.69) is 16.9 Å². The molecule has 2 aliphatic rings.